The number of hydrogen-bond donors (Lipinski definition) is 1. The Hall–Kier alpha value is -3.11. The average Bonchev–Trinajstić information content (AvgIpc) is 2.96. The number of hydrogen-bond acceptors (Lipinski definition) is 5. The zero-order chi connectivity index (χ0) is 23.6. The number of nitrogens with zero attached hydrogens (tertiary/aromatic N) is 1. The summed E-state index contributed by atoms with van der Waals surface area (Å²) in [6, 6.07) is 9.99. The number of anilines is 1. The Kier molecular flexibility index (Phi) is 6.57. The number of carbonyl (C=O) groups excluding carboxylic acids is 2. The van der Waals surface area contributed by atoms with Gasteiger partial charge in [-0.05, 0) is 54.0 Å². The van der Waals surface area contributed by atoms with Gasteiger partial charge in [-0.3, -0.25) is 9.59 Å². The van der Waals surface area contributed by atoms with Gasteiger partial charge in [-0.2, -0.15) is 13.2 Å². The lowest BCUT2D eigenvalue weighted by Gasteiger charge is -2.20. The fraction of sp³-hybridized carbons (Fsp3) is 0.174. The summed E-state index contributed by atoms with van der Waals surface area (Å²) in [7, 11) is 0. The third-order valence-corrected chi connectivity index (χ3v) is 6.06. The Morgan fingerprint density at radius 1 is 1.18 bits per heavy atom. The lowest BCUT2D eigenvalue weighted by atomic mass is 10.1. The molecule has 0 radical (unpaired) electrons. The molecule has 0 bridgehead atoms. The number of ether oxygens (including phenoxy) is 1. The van der Waals surface area contributed by atoms with E-state index in [1.807, 2.05) is 0 Å². The number of thioether (sulfide) groups is 1. The number of fused-ring (bicyclic) bond motifs is 1. The summed E-state index contributed by atoms with van der Waals surface area (Å²) < 4.78 is 45.0. The van der Waals surface area contributed by atoms with E-state index in [-0.39, 0.29) is 11.5 Å². The van der Waals surface area contributed by atoms with Gasteiger partial charge in [-0.15, -0.1) is 0 Å². The molecule has 0 saturated carbocycles. The number of halogens is 3. The summed E-state index contributed by atoms with van der Waals surface area (Å²) >= 11 is 6.16. The number of benzene rings is 2. The van der Waals surface area contributed by atoms with E-state index in [1.54, 1.807) is 24.3 Å². The van der Waals surface area contributed by atoms with E-state index in [2.05, 4.69) is 5.32 Å². The monoisotopic (exact) mass is 490 g/mol. The summed E-state index contributed by atoms with van der Waals surface area (Å²) in [5.74, 6) is -0.166. The van der Waals surface area contributed by atoms with Crippen molar-refractivity contribution in [2.75, 3.05) is 18.1 Å². The Labute approximate surface area is 197 Å². The van der Waals surface area contributed by atoms with Crippen LogP contribution >= 0.6 is 24.0 Å². The first-order valence-corrected chi connectivity index (χ1v) is 11.1. The Morgan fingerprint density at radius 2 is 2.00 bits per heavy atom. The van der Waals surface area contributed by atoms with Crippen LogP contribution in [0.2, 0.25) is 0 Å². The molecule has 0 aliphatic carbocycles. The van der Waals surface area contributed by atoms with Gasteiger partial charge < -0.3 is 15.0 Å². The predicted octanol–water partition coefficient (Wildman–Crippen LogP) is 5.02. The first kappa shape index (κ1) is 23.1. The van der Waals surface area contributed by atoms with Crippen molar-refractivity contribution in [3.63, 3.8) is 0 Å². The van der Waals surface area contributed by atoms with E-state index in [1.165, 1.54) is 29.2 Å². The third kappa shape index (κ3) is 5.45. The minimum atomic E-state index is -4.46. The van der Waals surface area contributed by atoms with Crippen molar-refractivity contribution in [1.82, 2.24) is 5.32 Å². The Bertz CT molecular complexity index is 1190. The Balaban J connectivity index is 1.61. The van der Waals surface area contributed by atoms with Crippen LogP contribution in [0, 0.1) is 0 Å². The van der Waals surface area contributed by atoms with Crippen LogP contribution in [-0.2, 0) is 15.8 Å². The second kappa shape index (κ2) is 9.40. The summed E-state index contributed by atoms with van der Waals surface area (Å²) in [6.07, 6.45) is 0.397. The van der Waals surface area contributed by atoms with Crippen LogP contribution in [0.25, 0.3) is 12.2 Å². The summed E-state index contributed by atoms with van der Waals surface area (Å²) in [5, 5.41) is 2.55. The number of carbonyl (C=O) groups is 2. The van der Waals surface area contributed by atoms with Crippen molar-refractivity contribution in [2.45, 2.75) is 12.6 Å². The maximum absolute atomic E-state index is 13.0. The van der Waals surface area contributed by atoms with Crippen molar-refractivity contribution in [1.29, 1.82) is 0 Å². The summed E-state index contributed by atoms with van der Waals surface area (Å²) in [5.41, 5.74) is 0.688. The second-order valence-electron chi connectivity index (χ2n) is 7.23. The SMILES string of the molecule is O=C1NC(=S)S/C1=C\c1ccc2c(c1)N(C(=O)/C=C/c1cccc(C(F)(F)F)c1)CCCO2. The molecule has 0 atom stereocenters. The van der Waals surface area contributed by atoms with Gasteiger partial charge >= 0.3 is 6.18 Å². The van der Waals surface area contributed by atoms with Crippen LogP contribution < -0.4 is 15.0 Å². The van der Waals surface area contributed by atoms with Crippen LogP contribution in [0.5, 0.6) is 5.75 Å². The smallest absolute Gasteiger partial charge is 0.416 e. The van der Waals surface area contributed by atoms with Crippen molar-refractivity contribution >= 4 is 58.0 Å². The molecule has 2 aromatic carbocycles. The van der Waals surface area contributed by atoms with Gasteiger partial charge in [0.2, 0.25) is 0 Å². The maximum atomic E-state index is 13.0. The highest BCUT2D eigenvalue weighted by Crippen LogP contribution is 2.35. The standard InChI is InChI=1S/C23H17F3N2O3S2/c24-23(25,26)16-4-1-3-14(11-16)6-8-20(29)28-9-2-10-31-18-7-5-15(12-17(18)28)13-19-21(30)27-22(32)33-19/h1,3-8,11-13H,2,9-10H2,(H,27,30,32)/b8-6+,19-13-. The highest BCUT2D eigenvalue weighted by molar-refractivity contribution is 8.26. The summed E-state index contributed by atoms with van der Waals surface area (Å²) in [6.45, 7) is 0.791. The fourth-order valence-electron chi connectivity index (χ4n) is 3.36. The average molecular weight is 491 g/mol. The number of alkyl halides is 3. The quantitative estimate of drug-likeness (QED) is 0.484. The number of thiocarbonyl (C=S) groups is 1. The molecule has 4 rings (SSSR count). The van der Waals surface area contributed by atoms with Crippen LogP contribution in [0.15, 0.2) is 53.4 Å². The molecule has 33 heavy (non-hydrogen) atoms. The molecule has 2 amide bonds. The van der Waals surface area contributed by atoms with E-state index in [0.717, 1.165) is 23.9 Å². The first-order valence-electron chi connectivity index (χ1n) is 9.89. The van der Waals surface area contributed by atoms with E-state index < -0.39 is 17.6 Å². The van der Waals surface area contributed by atoms with Crippen LogP contribution in [0.1, 0.15) is 23.1 Å². The molecule has 1 saturated heterocycles. The molecule has 0 aromatic heterocycles. The molecular formula is C23H17F3N2O3S2. The predicted molar refractivity (Wildman–Crippen MR) is 126 cm³/mol. The first-order chi connectivity index (χ1) is 15.7. The van der Waals surface area contributed by atoms with Crippen LogP contribution in [0.3, 0.4) is 0 Å². The molecule has 1 N–H and O–H groups in total. The van der Waals surface area contributed by atoms with Crippen molar-refractivity contribution in [3.8, 4) is 5.75 Å². The summed E-state index contributed by atoms with van der Waals surface area (Å²) in [4.78, 5) is 26.9. The van der Waals surface area contributed by atoms with Crippen molar-refractivity contribution < 1.29 is 27.5 Å². The zero-order valence-corrected chi connectivity index (χ0v) is 18.7. The van der Waals surface area contributed by atoms with Gasteiger partial charge in [0.05, 0.1) is 22.8 Å². The fourth-order valence-corrected chi connectivity index (χ4v) is 4.40. The number of nitrogens with one attached hydrogen (secondary N) is 1. The molecule has 10 heteroatoms. The molecule has 0 unspecified atom stereocenters. The van der Waals surface area contributed by atoms with Gasteiger partial charge in [0, 0.05) is 12.6 Å². The van der Waals surface area contributed by atoms with Crippen LogP contribution in [0.4, 0.5) is 18.9 Å². The minimum Gasteiger partial charge on any atom is -0.491 e. The highest BCUT2D eigenvalue weighted by Gasteiger charge is 2.30. The third-order valence-electron chi connectivity index (χ3n) is 4.90. The Morgan fingerprint density at radius 3 is 2.73 bits per heavy atom. The zero-order valence-electron chi connectivity index (χ0n) is 17.0. The van der Waals surface area contributed by atoms with Crippen molar-refractivity contribution in [2.24, 2.45) is 0 Å². The van der Waals surface area contributed by atoms with E-state index in [9.17, 15) is 22.8 Å². The molecule has 1 fully saturated rings. The normalized spacial score (nSPS) is 17.7. The lowest BCUT2D eigenvalue weighted by Crippen LogP contribution is -2.29. The number of amides is 2. The van der Waals surface area contributed by atoms with Gasteiger partial charge in [0.15, 0.2) is 0 Å². The molecule has 5 nitrogen and oxygen atoms in total. The molecule has 0 spiro atoms. The largest absolute Gasteiger partial charge is 0.491 e. The van der Waals surface area contributed by atoms with E-state index in [0.29, 0.717) is 45.8 Å². The molecule has 2 heterocycles. The molecule has 170 valence electrons. The molecule has 2 aliphatic heterocycles. The van der Waals surface area contributed by atoms with Crippen molar-refractivity contribution in [3.05, 3.63) is 70.1 Å². The van der Waals surface area contributed by atoms with E-state index in [4.69, 9.17) is 17.0 Å². The highest BCUT2D eigenvalue weighted by atomic mass is 32.2. The van der Waals surface area contributed by atoms with Gasteiger partial charge in [0.1, 0.15) is 10.1 Å². The minimum absolute atomic E-state index is 0.267. The maximum Gasteiger partial charge on any atom is 0.416 e. The molecule has 2 aliphatic rings. The van der Waals surface area contributed by atoms with E-state index >= 15 is 0 Å². The topological polar surface area (TPSA) is 58.6 Å². The lowest BCUT2D eigenvalue weighted by molar-refractivity contribution is -0.137. The van der Waals surface area contributed by atoms with Gasteiger partial charge in [0.25, 0.3) is 11.8 Å². The number of rotatable bonds is 3. The molecular weight excluding hydrogens is 473 g/mol. The molecule has 2 aromatic rings. The van der Waals surface area contributed by atoms with Gasteiger partial charge in [-0.1, -0.05) is 42.2 Å². The van der Waals surface area contributed by atoms with Crippen LogP contribution in [-0.4, -0.2) is 29.3 Å². The second-order valence-corrected chi connectivity index (χ2v) is 8.95. The van der Waals surface area contributed by atoms with Gasteiger partial charge in [-0.25, -0.2) is 0 Å².